The average molecular weight is 593 g/mol. The molecule has 0 aliphatic carbocycles. The first-order valence-corrected chi connectivity index (χ1v) is 15.2. The fourth-order valence-electron chi connectivity index (χ4n) is 5.90. The molecule has 1 atom stereocenters. The van der Waals surface area contributed by atoms with Gasteiger partial charge in [-0.05, 0) is 70.0 Å². The number of hydrogen-bond acceptors (Lipinski definition) is 4. The molecule has 0 fully saturated rings. The Balaban J connectivity index is 1.23. The van der Waals surface area contributed by atoms with Crippen LogP contribution >= 0.6 is 0 Å². The standard InChI is InChI=1S/C39H36N4O2/c1-23-14-16-28(25(3)18-23)36-20-32(30-10-6-8-12-34(30)42-36)38(44)40-22-27(5)41-39(45)33-21-37(29-17-15-24(2)19-26(29)4)43-35-13-9-7-11-31(33)35/h6-21,27H,22H2,1-5H3,(H,40,44)(H,41,45)/t27-/m0/s1. The van der Waals surface area contributed by atoms with E-state index in [0.29, 0.717) is 11.1 Å². The van der Waals surface area contributed by atoms with Gasteiger partial charge in [-0.3, -0.25) is 9.59 Å². The van der Waals surface area contributed by atoms with E-state index in [-0.39, 0.29) is 24.4 Å². The van der Waals surface area contributed by atoms with Crippen molar-refractivity contribution in [2.24, 2.45) is 0 Å². The Kier molecular flexibility index (Phi) is 8.14. The van der Waals surface area contributed by atoms with E-state index in [1.54, 1.807) is 0 Å². The predicted octanol–water partition coefficient (Wildman–Crippen LogP) is 7.90. The van der Waals surface area contributed by atoms with Crippen LogP contribution in [0.25, 0.3) is 44.3 Å². The summed E-state index contributed by atoms with van der Waals surface area (Å²) < 4.78 is 0. The Hall–Kier alpha value is -5.36. The van der Waals surface area contributed by atoms with E-state index < -0.39 is 0 Å². The van der Waals surface area contributed by atoms with Gasteiger partial charge >= 0.3 is 0 Å². The number of hydrogen-bond donors (Lipinski definition) is 2. The SMILES string of the molecule is Cc1ccc(-c2cc(C(=O)NC[C@H](C)NC(=O)c3cc(-c4ccc(C)cc4C)nc4ccccc34)c3ccccc3n2)c(C)c1. The number of nitrogens with one attached hydrogen (secondary N) is 2. The fraction of sp³-hybridized carbons (Fsp3) is 0.179. The summed E-state index contributed by atoms with van der Waals surface area (Å²) in [5.74, 6) is -0.430. The smallest absolute Gasteiger partial charge is 0.252 e. The molecule has 0 unspecified atom stereocenters. The number of fused-ring (bicyclic) bond motifs is 2. The second-order valence-electron chi connectivity index (χ2n) is 11.9. The molecule has 2 heterocycles. The van der Waals surface area contributed by atoms with E-state index in [2.05, 4.69) is 74.7 Å². The van der Waals surface area contributed by atoms with Crippen molar-refractivity contribution >= 4 is 33.6 Å². The van der Waals surface area contributed by atoms with Crippen LogP contribution < -0.4 is 10.6 Å². The molecule has 0 bridgehead atoms. The highest BCUT2D eigenvalue weighted by atomic mass is 16.2. The lowest BCUT2D eigenvalue weighted by atomic mass is 9.99. The molecule has 6 nitrogen and oxygen atoms in total. The molecule has 2 aromatic heterocycles. The van der Waals surface area contributed by atoms with Crippen molar-refractivity contribution in [2.75, 3.05) is 6.54 Å². The van der Waals surface area contributed by atoms with Crippen molar-refractivity contribution in [3.63, 3.8) is 0 Å². The van der Waals surface area contributed by atoms with E-state index in [9.17, 15) is 9.59 Å². The van der Waals surface area contributed by atoms with E-state index in [4.69, 9.17) is 9.97 Å². The number of carbonyl (C=O) groups is 2. The highest BCUT2D eigenvalue weighted by molar-refractivity contribution is 6.08. The third-order valence-electron chi connectivity index (χ3n) is 8.18. The second kappa shape index (κ2) is 12.3. The minimum Gasteiger partial charge on any atom is -0.350 e. The zero-order valence-electron chi connectivity index (χ0n) is 26.2. The number of carbonyl (C=O) groups excluding carboxylic acids is 2. The fourth-order valence-corrected chi connectivity index (χ4v) is 5.90. The van der Waals surface area contributed by atoms with E-state index >= 15 is 0 Å². The van der Waals surface area contributed by atoms with Gasteiger partial charge in [-0.1, -0.05) is 83.9 Å². The minimum atomic E-state index is -0.329. The van der Waals surface area contributed by atoms with Crippen LogP contribution in [0.15, 0.2) is 97.1 Å². The molecule has 0 saturated heterocycles. The molecule has 0 aliphatic heterocycles. The zero-order chi connectivity index (χ0) is 31.7. The maximum atomic E-state index is 13.7. The molecular weight excluding hydrogens is 556 g/mol. The number of aryl methyl sites for hydroxylation is 4. The lowest BCUT2D eigenvalue weighted by Gasteiger charge is -2.17. The van der Waals surface area contributed by atoms with Crippen LogP contribution in [0, 0.1) is 27.7 Å². The van der Waals surface area contributed by atoms with E-state index in [1.165, 1.54) is 11.1 Å². The van der Waals surface area contributed by atoms with Crippen molar-refractivity contribution in [1.82, 2.24) is 20.6 Å². The predicted molar refractivity (Wildman–Crippen MR) is 183 cm³/mol. The Morgan fingerprint density at radius 1 is 0.622 bits per heavy atom. The topological polar surface area (TPSA) is 84.0 Å². The molecule has 0 spiro atoms. The van der Waals surface area contributed by atoms with Gasteiger partial charge in [-0.15, -0.1) is 0 Å². The summed E-state index contributed by atoms with van der Waals surface area (Å²) in [6.45, 7) is 10.4. The monoisotopic (exact) mass is 592 g/mol. The summed E-state index contributed by atoms with van der Waals surface area (Å²) in [6.07, 6.45) is 0. The van der Waals surface area contributed by atoms with Crippen LogP contribution in [0.2, 0.25) is 0 Å². The Morgan fingerprint density at radius 2 is 1.09 bits per heavy atom. The summed E-state index contributed by atoms with van der Waals surface area (Å²) >= 11 is 0. The van der Waals surface area contributed by atoms with Gasteiger partial charge in [0.1, 0.15) is 0 Å². The number of pyridine rings is 2. The van der Waals surface area contributed by atoms with Crippen LogP contribution in [0.4, 0.5) is 0 Å². The number of amides is 2. The van der Waals surface area contributed by atoms with Gasteiger partial charge in [-0.25, -0.2) is 9.97 Å². The van der Waals surface area contributed by atoms with E-state index in [1.807, 2.05) is 67.6 Å². The number of rotatable bonds is 7. The lowest BCUT2D eigenvalue weighted by molar-refractivity contribution is 0.0914. The molecule has 0 saturated carbocycles. The first kappa shape index (κ1) is 29.7. The largest absolute Gasteiger partial charge is 0.350 e. The number of para-hydroxylation sites is 2. The quantitative estimate of drug-likeness (QED) is 0.197. The van der Waals surface area contributed by atoms with Crippen molar-refractivity contribution in [1.29, 1.82) is 0 Å². The highest BCUT2D eigenvalue weighted by Gasteiger charge is 2.19. The molecule has 6 aromatic rings. The number of benzene rings is 4. The molecule has 45 heavy (non-hydrogen) atoms. The summed E-state index contributed by atoms with van der Waals surface area (Å²) in [4.78, 5) is 37.0. The number of aromatic nitrogens is 2. The highest BCUT2D eigenvalue weighted by Crippen LogP contribution is 2.29. The van der Waals surface area contributed by atoms with Crippen molar-refractivity contribution in [2.45, 2.75) is 40.7 Å². The van der Waals surface area contributed by atoms with Crippen molar-refractivity contribution in [3.05, 3.63) is 130 Å². The maximum absolute atomic E-state index is 13.7. The third-order valence-corrected chi connectivity index (χ3v) is 8.18. The first-order valence-electron chi connectivity index (χ1n) is 15.2. The van der Waals surface area contributed by atoms with Gasteiger partial charge in [0.2, 0.25) is 0 Å². The zero-order valence-corrected chi connectivity index (χ0v) is 26.2. The van der Waals surface area contributed by atoms with Crippen LogP contribution in [0.5, 0.6) is 0 Å². The lowest BCUT2D eigenvalue weighted by Crippen LogP contribution is -2.42. The van der Waals surface area contributed by atoms with Gasteiger partial charge in [0, 0.05) is 34.5 Å². The van der Waals surface area contributed by atoms with Gasteiger partial charge in [-0.2, -0.15) is 0 Å². The second-order valence-corrected chi connectivity index (χ2v) is 11.9. The minimum absolute atomic E-state index is 0.215. The van der Waals surface area contributed by atoms with Crippen LogP contribution in [-0.4, -0.2) is 34.4 Å². The van der Waals surface area contributed by atoms with Gasteiger partial charge in [0.15, 0.2) is 0 Å². The Morgan fingerprint density at radius 3 is 1.58 bits per heavy atom. The Labute approximate surface area is 263 Å². The van der Waals surface area contributed by atoms with Crippen LogP contribution in [-0.2, 0) is 0 Å². The van der Waals surface area contributed by atoms with Crippen molar-refractivity contribution < 1.29 is 9.59 Å². The number of nitrogens with zero attached hydrogens (tertiary/aromatic N) is 2. The average Bonchev–Trinajstić information content (AvgIpc) is 3.02. The molecular formula is C39H36N4O2. The van der Waals surface area contributed by atoms with E-state index in [0.717, 1.165) is 55.4 Å². The maximum Gasteiger partial charge on any atom is 0.252 e. The molecule has 224 valence electrons. The van der Waals surface area contributed by atoms with Crippen molar-refractivity contribution in [3.8, 4) is 22.5 Å². The van der Waals surface area contributed by atoms with Crippen LogP contribution in [0.1, 0.15) is 49.9 Å². The molecule has 2 N–H and O–H groups in total. The van der Waals surface area contributed by atoms with Gasteiger partial charge in [0.25, 0.3) is 11.8 Å². The summed E-state index contributed by atoms with van der Waals surface area (Å²) in [7, 11) is 0. The summed E-state index contributed by atoms with van der Waals surface area (Å²) in [6, 6.07) is 31.2. The molecule has 4 aromatic carbocycles. The Bertz CT molecular complexity index is 2100. The first-order chi connectivity index (χ1) is 21.7. The third kappa shape index (κ3) is 6.18. The summed E-state index contributed by atoms with van der Waals surface area (Å²) in [5.41, 5.74) is 10.6. The molecule has 6 heteroatoms. The molecule has 0 aliphatic rings. The van der Waals surface area contributed by atoms with Gasteiger partial charge in [0.05, 0.1) is 33.5 Å². The molecule has 2 amide bonds. The molecule has 6 rings (SSSR count). The van der Waals surface area contributed by atoms with Crippen LogP contribution in [0.3, 0.4) is 0 Å². The van der Waals surface area contributed by atoms with Gasteiger partial charge < -0.3 is 10.6 Å². The molecule has 0 radical (unpaired) electrons. The summed E-state index contributed by atoms with van der Waals surface area (Å²) in [5, 5.41) is 7.69. The normalized spacial score (nSPS) is 11.8.